The van der Waals surface area contributed by atoms with Crippen LogP contribution in [0.2, 0.25) is 0 Å². The first kappa shape index (κ1) is 14.7. The third-order valence-corrected chi connectivity index (χ3v) is 5.94. The molecule has 110 valence electrons. The van der Waals surface area contributed by atoms with Gasteiger partial charge in [-0.2, -0.15) is 11.3 Å². The maximum absolute atomic E-state index is 12.4. The molecule has 0 aromatic carbocycles. The van der Waals surface area contributed by atoms with Crippen LogP contribution in [0.1, 0.15) is 20.0 Å². The molecular formula is C14H13BrN2O2S2. The summed E-state index contributed by atoms with van der Waals surface area (Å²) in [5, 5.41) is 5.66. The number of halogens is 1. The molecule has 2 aromatic heterocycles. The molecule has 2 amide bonds. The minimum absolute atomic E-state index is 0.0412. The second-order valence-electron chi connectivity index (χ2n) is 4.69. The molecule has 0 aliphatic carbocycles. The first-order chi connectivity index (χ1) is 10.2. The third-order valence-electron chi connectivity index (χ3n) is 3.43. The predicted octanol–water partition coefficient (Wildman–Crippen LogP) is 3.17. The maximum atomic E-state index is 12.4. The molecule has 2 aromatic rings. The van der Waals surface area contributed by atoms with Crippen LogP contribution in [0.3, 0.4) is 0 Å². The van der Waals surface area contributed by atoms with E-state index in [0.717, 1.165) is 14.9 Å². The number of amides is 2. The van der Waals surface area contributed by atoms with E-state index in [9.17, 15) is 9.59 Å². The van der Waals surface area contributed by atoms with Gasteiger partial charge in [0.15, 0.2) is 0 Å². The van der Waals surface area contributed by atoms with Gasteiger partial charge >= 0.3 is 0 Å². The molecule has 3 heterocycles. The number of carbonyl (C=O) groups excluding carboxylic acids is 2. The van der Waals surface area contributed by atoms with Gasteiger partial charge in [-0.25, -0.2) is 0 Å². The van der Waals surface area contributed by atoms with Gasteiger partial charge in [-0.1, -0.05) is 0 Å². The molecule has 3 rings (SSSR count). The van der Waals surface area contributed by atoms with Gasteiger partial charge in [-0.15, -0.1) is 11.3 Å². The number of thiophene rings is 2. The Morgan fingerprint density at radius 3 is 2.19 bits per heavy atom. The standard InChI is InChI=1S/C14H13BrN2O2S2/c15-11-2-8-21-12(11)14(19)17-5-3-16(4-6-17)13(18)10-1-7-20-9-10/h1-2,7-9H,3-6H2. The highest BCUT2D eigenvalue weighted by Gasteiger charge is 2.26. The average molecular weight is 385 g/mol. The Labute approximate surface area is 139 Å². The Kier molecular flexibility index (Phi) is 4.42. The van der Waals surface area contributed by atoms with Crippen molar-refractivity contribution >= 4 is 50.4 Å². The summed E-state index contributed by atoms with van der Waals surface area (Å²) in [5.41, 5.74) is 0.737. The smallest absolute Gasteiger partial charge is 0.265 e. The summed E-state index contributed by atoms with van der Waals surface area (Å²) < 4.78 is 0.842. The minimum Gasteiger partial charge on any atom is -0.335 e. The van der Waals surface area contributed by atoms with Crippen LogP contribution in [-0.2, 0) is 0 Å². The highest BCUT2D eigenvalue weighted by Crippen LogP contribution is 2.24. The number of piperazine rings is 1. The van der Waals surface area contributed by atoms with E-state index in [1.54, 1.807) is 0 Å². The highest BCUT2D eigenvalue weighted by molar-refractivity contribution is 9.10. The van der Waals surface area contributed by atoms with Gasteiger partial charge in [0.25, 0.3) is 11.8 Å². The first-order valence-corrected chi connectivity index (χ1v) is 9.12. The molecule has 0 unspecified atom stereocenters. The molecule has 0 saturated carbocycles. The van der Waals surface area contributed by atoms with Crippen LogP contribution in [0.15, 0.2) is 32.7 Å². The summed E-state index contributed by atoms with van der Waals surface area (Å²) in [6.07, 6.45) is 0. The summed E-state index contributed by atoms with van der Waals surface area (Å²) in [7, 11) is 0. The van der Waals surface area contributed by atoms with Crippen molar-refractivity contribution in [3.63, 3.8) is 0 Å². The molecule has 0 bridgehead atoms. The molecule has 0 spiro atoms. The summed E-state index contributed by atoms with van der Waals surface area (Å²) in [6, 6.07) is 3.72. The Morgan fingerprint density at radius 1 is 1.00 bits per heavy atom. The van der Waals surface area contributed by atoms with Gasteiger partial charge in [0.2, 0.25) is 0 Å². The maximum Gasteiger partial charge on any atom is 0.265 e. The first-order valence-electron chi connectivity index (χ1n) is 6.50. The van der Waals surface area contributed by atoms with Gasteiger partial charge in [-0.05, 0) is 38.8 Å². The van der Waals surface area contributed by atoms with E-state index < -0.39 is 0 Å². The predicted molar refractivity (Wildman–Crippen MR) is 88.1 cm³/mol. The largest absolute Gasteiger partial charge is 0.335 e. The molecule has 1 aliphatic rings. The lowest BCUT2D eigenvalue weighted by Gasteiger charge is -2.34. The Hall–Kier alpha value is -1.18. The lowest BCUT2D eigenvalue weighted by molar-refractivity contribution is 0.0538. The SMILES string of the molecule is O=C(c1ccsc1)N1CCN(C(=O)c2sccc2Br)CC1. The van der Waals surface area contributed by atoms with E-state index in [4.69, 9.17) is 0 Å². The molecule has 1 fully saturated rings. The molecule has 1 saturated heterocycles. The summed E-state index contributed by atoms with van der Waals surface area (Å²) in [4.78, 5) is 29.0. The van der Waals surface area contributed by atoms with Crippen molar-refractivity contribution in [2.45, 2.75) is 0 Å². The van der Waals surface area contributed by atoms with Crippen molar-refractivity contribution in [3.8, 4) is 0 Å². The fourth-order valence-electron chi connectivity index (χ4n) is 2.27. The number of hydrogen-bond donors (Lipinski definition) is 0. The van der Waals surface area contributed by atoms with Crippen molar-refractivity contribution in [2.24, 2.45) is 0 Å². The normalized spacial score (nSPS) is 15.3. The average Bonchev–Trinajstić information content (AvgIpc) is 3.17. The number of rotatable bonds is 2. The summed E-state index contributed by atoms with van der Waals surface area (Å²) in [6.45, 7) is 2.34. The van der Waals surface area contributed by atoms with Crippen molar-refractivity contribution in [1.82, 2.24) is 9.80 Å². The van der Waals surface area contributed by atoms with E-state index in [2.05, 4.69) is 15.9 Å². The monoisotopic (exact) mass is 384 g/mol. The van der Waals surface area contributed by atoms with E-state index in [1.807, 2.05) is 38.1 Å². The second-order valence-corrected chi connectivity index (χ2v) is 7.24. The Balaban J connectivity index is 1.62. The lowest BCUT2D eigenvalue weighted by atomic mass is 10.2. The summed E-state index contributed by atoms with van der Waals surface area (Å²) >= 11 is 6.35. The van der Waals surface area contributed by atoms with Crippen LogP contribution < -0.4 is 0 Å². The zero-order chi connectivity index (χ0) is 14.8. The van der Waals surface area contributed by atoms with Crippen molar-refractivity contribution in [1.29, 1.82) is 0 Å². The zero-order valence-electron chi connectivity index (χ0n) is 11.1. The fourth-order valence-corrected chi connectivity index (χ4v) is 4.41. The number of hydrogen-bond acceptors (Lipinski definition) is 4. The van der Waals surface area contributed by atoms with Crippen LogP contribution in [0.5, 0.6) is 0 Å². The van der Waals surface area contributed by atoms with E-state index in [-0.39, 0.29) is 11.8 Å². The minimum atomic E-state index is 0.0412. The quantitative estimate of drug-likeness (QED) is 0.797. The molecule has 1 aliphatic heterocycles. The van der Waals surface area contributed by atoms with Gasteiger partial charge in [-0.3, -0.25) is 9.59 Å². The van der Waals surface area contributed by atoms with Gasteiger partial charge < -0.3 is 9.80 Å². The topological polar surface area (TPSA) is 40.6 Å². The molecule has 7 heteroatoms. The van der Waals surface area contributed by atoms with Crippen molar-refractivity contribution in [2.75, 3.05) is 26.2 Å². The highest BCUT2D eigenvalue weighted by atomic mass is 79.9. The van der Waals surface area contributed by atoms with Crippen LogP contribution >= 0.6 is 38.6 Å². The van der Waals surface area contributed by atoms with Crippen LogP contribution in [0.4, 0.5) is 0 Å². The van der Waals surface area contributed by atoms with Crippen LogP contribution in [0.25, 0.3) is 0 Å². The van der Waals surface area contributed by atoms with Gasteiger partial charge in [0, 0.05) is 36.0 Å². The molecule has 0 N–H and O–H groups in total. The van der Waals surface area contributed by atoms with Crippen molar-refractivity contribution < 1.29 is 9.59 Å². The molecular weight excluding hydrogens is 372 g/mol. The van der Waals surface area contributed by atoms with Gasteiger partial charge in [0.1, 0.15) is 4.88 Å². The molecule has 21 heavy (non-hydrogen) atoms. The van der Waals surface area contributed by atoms with E-state index >= 15 is 0 Å². The second kappa shape index (κ2) is 6.29. The Morgan fingerprint density at radius 2 is 1.67 bits per heavy atom. The van der Waals surface area contributed by atoms with Crippen LogP contribution in [0, 0.1) is 0 Å². The number of carbonyl (C=O) groups is 2. The Bertz CT molecular complexity index is 646. The van der Waals surface area contributed by atoms with Crippen molar-refractivity contribution in [3.05, 3.63) is 43.2 Å². The van der Waals surface area contributed by atoms with E-state index in [0.29, 0.717) is 26.2 Å². The molecule has 0 atom stereocenters. The van der Waals surface area contributed by atoms with Gasteiger partial charge in [0.05, 0.1) is 5.56 Å². The van der Waals surface area contributed by atoms with Crippen LogP contribution in [-0.4, -0.2) is 47.8 Å². The molecule has 0 radical (unpaired) electrons. The summed E-state index contributed by atoms with van der Waals surface area (Å²) in [5.74, 6) is 0.0974. The lowest BCUT2D eigenvalue weighted by Crippen LogP contribution is -2.50. The third kappa shape index (κ3) is 3.04. The fraction of sp³-hybridized carbons (Fsp3) is 0.286. The van der Waals surface area contributed by atoms with E-state index in [1.165, 1.54) is 22.7 Å². The number of nitrogens with zero attached hydrogens (tertiary/aromatic N) is 2. The molecule has 4 nitrogen and oxygen atoms in total. The zero-order valence-corrected chi connectivity index (χ0v) is 14.3.